The predicted octanol–water partition coefficient (Wildman–Crippen LogP) is 2.92. The molecule has 8 heteroatoms. The van der Waals surface area contributed by atoms with Crippen LogP contribution < -0.4 is 9.64 Å². The lowest BCUT2D eigenvalue weighted by molar-refractivity contribution is -0.138. The fourth-order valence-corrected chi connectivity index (χ4v) is 3.79. The van der Waals surface area contributed by atoms with Gasteiger partial charge in [-0.05, 0) is 36.4 Å². The van der Waals surface area contributed by atoms with Crippen molar-refractivity contribution in [3.05, 3.63) is 60.6 Å². The van der Waals surface area contributed by atoms with Gasteiger partial charge in [-0.15, -0.1) is 0 Å². The lowest BCUT2D eigenvalue weighted by Crippen LogP contribution is -2.43. The average Bonchev–Trinajstić information content (AvgIpc) is 3.29. The number of hydrogen-bond acceptors (Lipinski definition) is 6. The van der Waals surface area contributed by atoms with E-state index in [0.29, 0.717) is 32.7 Å². The molecule has 0 aliphatic carbocycles. The second-order valence-corrected chi connectivity index (χ2v) is 7.92. The number of ether oxygens (including phenoxy) is 2. The van der Waals surface area contributed by atoms with Gasteiger partial charge in [0.25, 0.3) is 0 Å². The molecule has 0 bridgehead atoms. The minimum absolute atomic E-state index is 0.127. The first-order valence-corrected chi connectivity index (χ1v) is 10.7. The molecule has 1 aliphatic heterocycles. The molecule has 1 atom stereocenters. The van der Waals surface area contributed by atoms with Crippen LogP contribution in [0.3, 0.4) is 0 Å². The van der Waals surface area contributed by atoms with Crippen LogP contribution in [-0.4, -0.2) is 66.0 Å². The molecule has 4 rings (SSSR count). The van der Waals surface area contributed by atoms with Crippen LogP contribution in [0.2, 0.25) is 0 Å². The summed E-state index contributed by atoms with van der Waals surface area (Å²) in [7, 11) is 5.52. The van der Waals surface area contributed by atoms with Gasteiger partial charge in [0.15, 0.2) is 0 Å². The number of hydrogen-bond donors (Lipinski definition) is 0. The lowest BCUT2D eigenvalue weighted by atomic mass is 10.1. The largest absolute Gasteiger partial charge is 0.497 e. The van der Waals surface area contributed by atoms with Gasteiger partial charge in [0.05, 0.1) is 37.8 Å². The Hall–Kier alpha value is -3.39. The van der Waals surface area contributed by atoms with Gasteiger partial charge in [-0.3, -0.25) is 9.48 Å². The molecule has 1 aliphatic rings. The number of benzene rings is 1. The smallest absolute Gasteiger partial charge is 0.224 e. The van der Waals surface area contributed by atoms with Crippen LogP contribution in [0.15, 0.2) is 54.9 Å². The Morgan fingerprint density at radius 2 is 2.06 bits per heavy atom. The summed E-state index contributed by atoms with van der Waals surface area (Å²) in [5.41, 5.74) is 3.69. The first-order chi connectivity index (χ1) is 15.5. The number of pyridine rings is 1. The zero-order chi connectivity index (χ0) is 22.5. The summed E-state index contributed by atoms with van der Waals surface area (Å²) >= 11 is 0. The standard InChI is InChI=1S/C24H29N5O3/c1-27(19-7-9-20(31-3)10-8-19)12-11-24(30)29-13-14-32-23(17-29)22-6-4-5-21(26-22)18-15-25-28(2)16-18/h4-10,15-16,23H,11-14,17H2,1-3H3. The topological polar surface area (TPSA) is 72.7 Å². The Morgan fingerprint density at radius 3 is 2.78 bits per heavy atom. The van der Waals surface area contributed by atoms with Gasteiger partial charge in [-0.1, -0.05) is 6.07 Å². The van der Waals surface area contributed by atoms with Gasteiger partial charge in [-0.2, -0.15) is 5.10 Å². The maximum absolute atomic E-state index is 12.9. The second-order valence-electron chi connectivity index (χ2n) is 7.92. The molecular formula is C24H29N5O3. The molecule has 0 radical (unpaired) electrons. The molecule has 1 fully saturated rings. The van der Waals surface area contributed by atoms with E-state index in [9.17, 15) is 4.79 Å². The number of rotatable bonds is 7. The zero-order valence-corrected chi connectivity index (χ0v) is 18.8. The first-order valence-electron chi connectivity index (χ1n) is 10.7. The summed E-state index contributed by atoms with van der Waals surface area (Å²) in [6.45, 7) is 2.25. The van der Waals surface area contributed by atoms with Gasteiger partial charge in [0, 0.05) is 51.1 Å². The number of nitrogens with zero attached hydrogens (tertiary/aromatic N) is 5. The van der Waals surface area contributed by atoms with Crippen LogP contribution in [0.5, 0.6) is 5.75 Å². The number of morpholine rings is 1. The Kier molecular flexibility index (Phi) is 6.70. The summed E-state index contributed by atoms with van der Waals surface area (Å²) < 4.78 is 12.9. The molecule has 3 heterocycles. The van der Waals surface area contributed by atoms with E-state index in [1.807, 2.05) is 67.7 Å². The normalized spacial score (nSPS) is 16.1. The number of amides is 1. The van der Waals surface area contributed by atoms with Crippen molar-refractivity contribution >= 4 is 11.6 Å². The Balaban J connectivity index is 1.35. The number of carbonyl (C=O) groups is 1. The van der Waals surface area contributed by atoms with E-state index in [4.69, 9.17) is 14.5 Å². The van der Waals surface area contributed by atoms with Gasteiger partial charge >= 0.3 is 0 Å². The van der Waals surface area contributed by atoms with E-state index in [2.05, 4.69) is 10.00 Å². The predicted molar refractivity (Wildman–Crippen MR) is 123 cm³/mol. The molecule has 8 nitrogen and oxygen atoms in total. The van der Waals surface area contributed by atoms with Crippen LogP contribution in [0.25, 0.3) is 11.3 Å². The van der Waals surface area contributed by atoms with E-state index in [-0.39, 0.29) is 12.0 Å². The molecule has 1 amide bonds. The first kappa shape index (κ1) is 21.8. The number of anilines is 1. The maximum atomic E-state index is 12.9. The van der Waals surface area contributed by atoms with Crippen molar-refractivity contribution < 1.29 is 14.3 Å². The molecule has 3 aromatic rings. The molecule has 0 spiro atoms. The molecule has 0 N–H and O–H groups in total. The van der Waals surface area contributed by atoms with Crippen molar-refractivity contribution in [3.63, 3.8) is 0 Å². The SMILES string of the molecule is COc1ccc(N(C)CCC(=O)N2CCOC(c3cccc(-c4cnn(C)c4)n3)C2)cc1. The molecule has 1 saturated heterocycles. The number of carbonyl (C=O) groups excluding carboxylic acids is 1. The van der Waals surface area contributed by atoms with Crippen LogP contribution >= 0.6 is 0 Å². The van der Waals surface area contributed by atoms with Crippen molar-refractivity contribution in [2.75, 3.05) is 45.3 Å². The highest BCUT2D eigenvalue weighted by Crippen LogP contribution is 2.24. The molecule has 168 valence electrons. The summed E-state index contributed by atoms with van der Waals surface area (Å²) in [5.74, 6) is 0.945. The molecule has 1 aromatic carbocycles. The average molecular weight is 436 g/mol. The molecule has 2 aromatic heterocycles. The van der Waals surface area contributed by atoms with E-state index >= 15 is 0 Å². The summed E-state index contributed by atoms with van der Waals surface area (Å²) in [6, 6.07) is 13.7. The molecule has 0 saturated carbocycles. The third-order valence-corrected chi connectivity index (χ3v) is 5.69. The van der Waals surface area contributed by atoms with Crippen molar-refractivity contribution in [2.45, 2.75) is 12.5 Å². The molecular weight excluding hydrogens is 406 g/mol. The van der Waals surface area contributed by atoms with Crippen molar-refractivity contribution in [2.24, 2.45) is 7.05 Å². The number of aryl methyl sites for hydroxylation is 1. The highest BCUT2D eigenvalue weighted by atomic mass is 16.5. The lowest BCUT2D eigenvalue weighted by Gasteiger charge is -2.33. The van der Waals surface area contributed by atoms with Crippen LogP contribution in [0, 0.1) is 0 Å². The minimum Gasteiger partial charge on any atom is -0.497 e. The van der Waals surface area contributed by atoms with Gasteiger partial charge in [0.1, 0.15) is 11.9 Å². The Morgan fingerprint density at radius 1 is 1.25 bits per heavy atom. The van der Waals surface area contributed by atoms with Crippen molar-refractivity contribution in [1.29, 1.82) is 0 Å². The van der Waals surface area contributed by atoms with Crippen molar-refractivity contribution in [1.82, 2.24) is 19.7 Å². The number of aromatic nitrogens is 3. The number of methoxy groups -OCH3 is 1. The van der Waals surface area contributed by atoms with Crippen molar-refractivity contribution in [3.8, 4) is 17.0 Å². The minimum atomic E-state index is -0.233. The van der Waals surface area contributed by atoms with Gasteiger partial charge in [-0.25, -0.2) is 4.98 Å². The van der Waals surface area contributed by atoms with Crippen LogP contribution in [-0.2, 0) is 16.6 Å². The highest BCUT2D eigenvalue weighted by molar-refractivity contribution is 5.77. The summed E-state index contributed by atoms with van der Waals surface area (Å²) in [6.07, 6.45) is 3.94. The van der Waals surface area contributed by atoms with E-state index in [1.165, 1.54) is 0 Å². The maximum Gasteiger partial charge on any atom is 0.224 e. The van der Waals surface area contributed by atoms with E-state index in [1.54, 1.807) is 18.0 Å². The summed E-state index contributed by atoms with van der Waals surface area (Å²) in [5, 5.41) is 4.22. The Bertz CT molecular complexity index is 1050. The highest BCUT2D eigenvalue weighted by Gasteiger charge is 2.26. The van der Waals surface area contributed by atoms with Gasteiger partial charge in [0.2, 0.25) is 5.91 Å². The van der Waals surface area contributed by atoms with E-state index in [0.717, 1.165) is 28.4 Å². The zero-order valence-electron chi connectivity index (χ0n) is 18.8. The molecule has 32 heavy (non-hydrogen) atoms. The Labute approximate surface area is 188 Å². The van der Waals surface area contributed by atoms with E-state index < -0.39 is 0 Å². The fourth-order valence-electron chi connectivity index (χ4n) is 3.79. The quantitative estimate of drug-likeness (QED) is 0.568. The van der Waals surface area contributed by atoms with Crippen LogP contribution in [0.1, 0.15) is 18.2 Å². The monoisotopic (exact) mass is 435 g/mol. The third kappa shape index (κ3) is 5.08. The van der Waals surface area contributed by atoms with Gasteiger partial charge < -0.3 is 19.3 Å². The second kappa shape index (κ2) is 9.82. The summed E-state index contributed by atoms with van der Waals surface area (Å²) in [4.78, 5) is 21.6. The fraction of sp³-hybridized carbons (Fsp3) is 0.375. The third-order valence-electron chi connectivity index (χ3n) is 5.69. The molecule has 1 unspecified atom stereocenters. The van der Waals surface area contributed by atoms with Crippen LogP contribution in [0.4, 0.5) is 5.69 Å².